The Morgan fingerprint density at radius 3 is 2.38 bits per heavy atom. The standard InChI is InChI=1S/C16H12ClNO3/c17-13-5-3-11(4-6-13)15(19)18-8-7-10-1-2-12(16(20)21)9-14(10)18/h1-6,9H,7-8H2,(H,20,21). The summed E-state index contributed by atoms with van der Waals surface area (Å²) in [7, 11) is 0. The predicted molar refractivity (Wildman–Crippen MR) is 80.2 cm³/mol. The summed E-state index contributed by atoms with van der Waals surface area (Å²) in [6, 6.07) is 11.6. The first kappa shape index (κ1) is 13.6. The third-order valence-corrected chi connectivity index (χ3v) is 3.82. The van der Waals surface area contributed by atoms with Crippen molar-refractivity contribution >= 4 is 29.2 Å². The van der Waals surface area contributed by atoms with Crippen molar-refractivity contribution in [2.75, 3.05) is 11.4 Å². The zero-order valence-corrected chi connectivity index (χ0v) is 11.8. The predicted octanol–water partition coefficient (Wildman–Crippen LogP) is 3.24. The SMILES string of the molecule is O=C(O)c1ccc2c(c1)N(C(=O)c1ccc(Cl)cc1)CC2. The van der Waals surface area contributed by atoms with E-state index in [1.165, 1.54) is 0 Å². The van der Waals surface area contributed by atoms with E-state index >= 15 is 0 Å². The van der Waals surface area contributed by atoms with Crippen molar-refractivity contribution in [1.82, 2.24) is 0 Å². The summed E-state index contributed by atoms with van der Waals surface area (Å²) in [6.07, 6.45) is 0.731. The highest BCUT2D eigenvalue weighted by molar-refractivity contribution is 6.30. The fourth-order valence-corrected chi connectivity index (χ4v) is 2.60. The average Bonchev–Trinajstić information content (AvgIpc) is 2.90. The first-order chi connectivity index (χ1) is 10.1. The van der Waals surface area contributed by atoms with E-state index < -0.39 is 5.97 Å². The lowest BCUT2D eigenvalue weighted by molar-refractivity contribution is 0.0696. The molecular weight excluding hydrogens is 290 g/mol. The van der Waals surface area contributed by atoms with Crippen molar-refractivity contribution < 1.29 is 14.7 Å². The number of carboxylic acid groups (broad SMARTS) is 1. The molecule has 2 aromatic carbocycles. The summed E-state index contributed by atoms with van der Waals surface area (Å²) in [5.41, 5.74) is 2.38. The minimum Gasteiger partial charge on any atom is -0.478 e. The molecule has 1 heterocycles. The Hall–Kier alpha value is -2.33. The van der Waals surface area contributed by atoms with Crippen molar-refractivity contribution in [2.24, 2.45) is 0 Å². The fourth-order valence-electron chi connectivity index (χ4n) is 2.47. The number of halogens is 1. The van der Waals surface area contributed by atoms with Crippen LogP contribution in [0, 0.1) is 0 Å². The van der Waals surface area contributed by atoms with Crippen LogP contribution in [0.5, 0.6) is 0 Å². The Kier molecular flexibility index (Phi) is 3.39. The van der Waals surface area contributed by atoms with Gasteiger partial charge in [-0.1, -0.05) is 17.7 Å². The second kappa shape index (κ2) is 5.22. The van der Waals surface area contributed by atoms with Crippen LogP contribution in [0.15, 0.2) is 42.5 Å². The molecule has 1 aliphatic heterocycles. The molecule has 4 nitrogen and oxygen atoms in total. The molecular formula is C16H12ClNO3. The molecule has 0 bridgehead atoms. The molecule has 0 saturated carbocycles. The summed E-state index contributed by atoms with van der Waals surface area (Å²) in [5.74, 6) is -1.14. The maximum absolute atomic E-state index is 12.5. The molecule has 21 heavy (non-hydrogen) atoms. The Morgan fingerprint density at radius 1 is 1.05 bits per heavy atom. The smallest absolute Gasteiger partial charge is 0.335 e. The lowest BCUT2D eigenvalue weighted by Gasteiger charge is -2.17. The number of anilines is 1. The third kappa shape index (κ3) is 2.50. The van der Waals surface area contributed by atoms with Crippen LogP contribution in [0.3, 0.4) is 0 Å². The van der Waals surface area contributed by atoms with Gasteiger partial charge in [-0.15, -0.1) is 0 Å². The van der Waals surface area contributed by atoms with Gasteiger partial charge in [-0.2, -0.15) is 0 Å². The van der Waals surface area contributed by atoms with Crippen LogP contribution in [0.25, 0.3) is 0 Å². The van der Waals surface area contributed by atoms with E-state index in [2.05, 4.69) is 0 Å². The Bertz CT molecular complexity index is 725. The molecule has 0 atom stereocenters. The van der Waals surface area contributed by atoms with E-state index in [1.807, 2.05) is 0 Å². The minimum absolute atomic E-state index is 0.145. The molecule has 106 valence electrons. The van der Waals surface area contributed by atoms with Crippen molar-refractivity contribution in [3.8, 4) is 0 Å². The molecule has 5 heteroatoms. The van der Waals surface area contributed by atoms with Crippen molar-refractivity contribution in [3.63, 3.8) is 0 Å². The number of amides is 1. The van der Waals surface area contributed by atoms with Crippen LogP contribution in [-0.4, -0.2) is 23.5 Å². The summed E-state index contributed by atoms with van der Waals surface area (Å²) >= 11 is 5.82. The van der Waals surface area contributed by atoms with E-state index in [0.29, 0.717) is 22.8 Å². The first-order valence-electron chi connectivity index (χ1n) is 6.50. The topological polar surface area (TPSA) is 57.6 Å². The first-order valence-corrected chi connectivity index (χ1v) is 6.88. The molecule has 0 saturated heterocycles. The van der Waals surface area contributed by atoms with E-state index in [-0.39, 0.29) is 11.5 Å². The summed E-state index contributed by atoms with van der Waals surface area (Å²) in [6.45, 7) is 0.555. The van der Waals surface area contributed by atoms with E-state index in [0.717, 1.165) is 12.0 Å². The van der Waals surface area contributed by atoms with Gasteiger partial charge in [0.15, 0.2) is 0 Å². The van der Waals surface area contributed by atoms with E-state index in [1.54, 1.807) is 47.4 Å². The molecule has 0 radical (unpaired) electrons. The van der Waals surface area contributed by atoms with Gasteiger partial charge < -0.3 is 10.0 Å². The molecule has 2 aromatic rings. The van der Waals surface area contributed by atoms with Gasteiger partial charge in [0.25, 0.3) is 5.91 Å². The summed E-state index contributed by atoms with van der Waals surface area (Å²) in [4.78, 5) is 25.2. The molecule has 0 aliphatic carbocycles. The number of aromatic carboxylic acids is 1. The van der Waals surface area contributed by atoms with Crippen LogP contribution in [0.1, 0.15) is 26.3 Å². The number of carboxylic acids is 1. The number of carbonyl (C=O) groups is 2. The number of hydrogen-bond acceptors (Lipinski definition) is 2. The number of benzene rings is 2. The summed E-state index contributed by atoms with van der Waals surface area (Å²) < 4.78 is 0. The highest BCUT2D eigenvalue weighted by atomic mass is 35.5. The second-order valence-corrected chi connectivity index (χ2v) is 5.30. The van der Waals surface area contributed by atoms with E-state index in [9.17, 15) is 9.59 Å². The minimum atomic E-state index is -0.997. The maximum Gasteiger partial charge on any atom is 0.335 e. The lowest BCUT2D eigenvalue weighted by atomic mass is 10.1. The molecule has 3 rings (SSSR count). The van der Waals surface area contributed by atoms with Crippen molar-refractivity contribution in [3.05, 3.63) is 64.2 Å². The van der Waals surface area contributed by atoms with Gasteiger partial charge in [0.1, 0.15) is 0 Å². The van der Waals surface area contributed by atoms with Crippen LogP contribution in [-0.2, 0) is 6.42 Å². The van der Waals surface area contributed by atoms with Crippen LogP contribution < -0.4 is 4.90 Å². The molecule has 1 amide bonds. The molecule has 1 aliphatic rings. The molecule has 0 spiro atoms. The number of rotatable bonds is 2. The Labute approximate surface area is 126 Å². The van der Waals surface area contributed by atoms with Gasteiger partial charge >= 0.3 is 5.97 Å². The zero-order valence-electron chi connectivity index (χ0n) is 11.0. The number of carbonyl (C=O) groups excluding carboxylic acids is 1. The van der Waals surface area contributed by atoms with Gasteiger partial charge in [0.2, 0.25) is 0 Å². The Balaban J connectivity index is 1.96. The maximum atomic E-state index is 12.5. The molecule has 0 aromatic heterocycles. The van der Waals surface area contributed by atoms with Gasteiger partial charge in [-0.3, -0.25) is 4.79 Å². The van der Waals surface area contributed by atoms with Crippen LogP contribution in [0.2, 0.25) is 5.02 Å². The normalized spacial score (nSPS) is 13.1. The van der Waals surface area contributed by atoms with Gasteiger partial charge in [-0.05, 0) is 48.4 Å². The van der Waals surface area contributed by atoms with Gasteiger partial charge in [-0.25, -0.2) is 4.79 Å². The monoisotopic (exact) mass is 301 g/mol. The quantitative estimate of drug-likeness (QED) is 0.926. The Morgan fingerprint density at radius 2 is 1.71 bits per heavy atom. The second-order valence-electron chi connectivity index (χ2n) is 4.86. The highest BCUT2D eigenvalue weighted by Crippen LogP contribution is 2.30. The van der Waals surface area contributed by atoms with E-state index in [4.69, 9.17) is 16.7 Å². The molecule has 1 N–H and O–H groups in total. The molecule has 0 unspecified atom stereocenters. The van der Waals surface area contributed by atoms with Gasteiger partial charge in [0.05, 0.1) is 5.56 Å². The van der Waals surface area contributed by atoms with Crippen molar-refractivity contribution in [2.45, 2.75) is 6.42 Å². The molecule has 0 fully saturated rings. The fraction of sp³-hybridized carbons (Fsp3) is 0.125. The third-order valence-electron chi connectivity index (χ3n) is 3.56. The van der Waals surface area contributed by atoms with Gasteiger partial charge in [0, 0.05) is 22.8 Å². The number of hydrogen-bond donors (Lipinski definition) is 1. The van der Waals surface area contributed by atoms with Crippen LogP contribution in [0.4, 0.5) is 5.69 Å². The number of nitrogens with zero attached hydrogens (tertiary/aromatic N) is 1. The largest absolute Gasteiger partial charge is 0.478 e. The van der Waals surface area contributed by atoms with Crippen molar-refractivity contribution in [1.29, 1.82) is 0 Å². The zero-order chi connectivity index (χ0) is 15.0. The lowest BCUT2D eigenvalue weighted by Crippen LogP contribution is -2.28. The average molecular weight is 302 g/mol. The highest BCUT2D eigenvalue weighted by Gasteiger charge is 2.26. The number of fused-ring (bicyclic) bond motifs is 1. The van der Waals surface area contributed by atoms with Crippen LogP contribution >= 0.6 is 11.6 Å². The summed E-state index contributed by atoms with van der Waals surface area (Å²) in [5, 5.41) is 9.64.